The highest BCUT2D eigenvalue weighted by atomic mass is 35.5. The van der Waals surface area contributed by atoms with Crippen molar-refractivity contribution in [1.82, 2.24) is 19.2 Å². The van der Waals surface area contributed by atoms with Gasteiger partial charge in [-0.2, -0.15) is 13.2 Å². The molecule has 0 spiro atoms. The van der Waals surface area contributed by atoms with Crippen molar-refractivity contribution in [3.63, 3.8) is 0 Å². The van der Waals surface area contributed by atoms with Gasteiger partial charge in [0.15, 0.2) is 0 Å². The highest BCUT2D eigenvalue weighted by molar-refractivity contribution is 6.30. The molecular formula is C29H26ClF3N4O2. The Bertz CT molecular complexity index is 1520. The molecule has 6 nitrogen and oxygen atoms in total. The predicted octanol–water partition coefficient (Wildman–Crippen LogP) is 5.96. The van der Waals surface area contributed by atoms with E-state index in [9.17, 15) is 22.8 Å². The Morgan fingerprint density at radius 2 is 1.56 bits per heavy atom. The number of fused-ring (bicyclic) bond motifs is 1. The minimum atomic E-state index is -4.45. The van der Waals surface area contributed by atoms with Gasteiger partial charge >= 0.3 is 6.18 Å². The molecule has 4 aromatic rings. The van der Waals surface area contributed by atoms with Crippen molar-refractivity contribution in [1.29, 1.82) is 0 Å². The number of rotatable bonds is 5. The summed E-state index contributed by atoms with van der Waals surface area (Å²) in [6.45, 7) is 3.50. The van der Waals surface area contributed by atoms with Gasteiger partial charge in [0.25, 0.3) is 0 Å². The zero-order valence-corrected chi connectivity index (χ0v) is 22.0. The maximum absolute atomic E-state index is 13.3. The number of amides is 2. The summed E-state index contributed by atoms with van der Waals surface area (Å²) in [6.07, 6.45) is -2.08. The molecule has 1 saturated heterocycles. The van der Waals surface area contributed by atoms with Crippen molar-refractivity contribution in [2.24, 2.45) is 0 Å². The second kappa shape index (κ2) is 10.7. The molecule has 2 aromatic heterocycles. The Morgan fingerprint density at radius 3 is 2.23 bits per heavy atom. The summed E-state index contributed by atoms with van der Waals surface area (Å²) in [5, 5.41) is 0.579. The Kier molecular flexibility index (Phi) is 7.36. The molecule has 3 heterocycles. The van der Waals surface area contributed by atoms with Crippen LogP contribution in [0, 0.1) is 0 Å². The summed E-state index contributed by atoms with van der Waals surface area (Å²) in [5.41, 5.74) is 3.21. The number of hydrogen-bond donors (Lipinski definition) is 0. The largest absolute Gasteiger partial charge is 0.416 e. The van der Waals surface area contributed by atoms with Gasteiger partial charge in [0.2, 0.25) is 11.8 Å². The molecule has 1 aliphatic rings. The van der Waals surface area contributed by atoms with E-state index in [1.807, 2.05) is 16.5 Å². The molecule has 5 rings (SSSR count). The molecule has 2 amide bonds. The van der Waals surface area contributed by atoms with Gasteiger partial charge in [-0.25, -0.2) is 4.98 Å². The number of nitrogens with zero attached hydrogens (tertiary/aromatic N) is 4. The maximum atomic E-state index is 13.3. The van der Waals surface area contributed by atoms with Crippen LogP contribution in [0.5, 0.6) is 0 Å². The first-order valence-corrected chi connectivity index (χ1v) is 13.0. The molecule has 1 fully saturated rings. The van der Waals surface area contributed by atoms with Crippen LogP contribution in [0.4, 0.5) is 13.2 Å². The van der Waals surface area contributed by atoms with E-state index in [2.05, 4.69) is 0 Å². The number of pyridine rings is 1. The normalized spacial score (nSPS) is 14.2. The van der Waals surface area contributed by atoms with E-state index in [1.165, 1.54) is 13.0 Å². The van der Waals surface area contributed by atoms with Gasteiger partial charge in [-0.1, -0.05) is 35.9 Å². The quantitative estimate of drug-likeness (QED) is 0.306. The number of imidazole rings is 1. The van der Waals surface area contributed by atoms with Crippen LogP contribution < -0.4 is 0 Å². The third-order valence-electron chi connectivity index (χ3n) is 7.01. The number of piperazine rings is 1. The van der Waals surface area contributed by atoms with Crippen molar-refractivity contribution >= 4 is 29.1 Å². The molecule has 2 aromatic carbocycles. The minimum Gasteiger partial charge on any atom is -0.339 e. The lowest BCUT2D eigenvalue weighted by Crippen LogP contribution is -2.50. The molecule has 0 unspecified atom stereocenters. The average Bonchev–Trinajstić information content (AvgIpc) is 3.29. The second-order valence-corrected chi connectivity index (χ2v) is 9.96. The van der Waals surface area contributed by atoms with Crippen molar-refractivity contribution < 1.29 is 22.8 Å². The molecule has 39 heavy (non-hydrogen) atoms. The van der Waals surface area contributed by atoms with E-state index in [0.717, 1.165) is 23.4 Å². The summed E-state index contributed by atoms with van der Waals surface area (Å²) in [6, 6.07) is 15.9. The molecule has 10 heteroatoms. The first kappa shape index (κ1) is 26.7. The standard InChI is InChI=1S/C29H26ClF3N4O2/c1-19(38)35-13-15-36(16-14-35)27(39)12-10-25-28(20-5-8-24(30)9-6-20)34-26-11-7-22(18-37(25)26)21-3-2-4-23(17-21)29(31,32)33/h2-9,11,17-18H,10,12-16H2,1H3. The van der Waals surface area contributed by atoms with Gasteiger partial charge in [0, 0.05) is 56.3 Å². The van der Waals surface area contributed by atoms with Gasteiger partial charge < -0.3 is 14.2 Å². The lowest BCUT2D eigenvalue weighted by molar-refractivity contribution is -0.138. The summed E-state index contributed by atoms with van der Waals surface area (Å²) >= 11 is 6.09. The van der Waals surface area contributed by atoms with E-state index in [-0.39, 0.29) is 18.2 Å². The topological polar surface area (TPSA) is 57.9 Å². The van der Waals surface area contributed by atoms with Crippen LogP contribution in [0.1, 0.15) is 24.6 Å². The van der Waals surface area contributed by atoms with Gasteiger partial charge in [-0.15, -0.1) is 0 Å². The highest BCUT2D eigenvalue weighted by Gasteiger charge is 2.30. The van der Waals surface area contributed by atoms with E-state index >= 15 is 0 Å². The Morgan fingerprint density at radius 1 is 0.897 bits per heavy atom. The number of hydrogen-bond acceptors (Lipinski definition) is 3. The van der Waals surface area contributed by atoms with E-state index in [4.69, 9.17) is 16.6 Å². The number of carbonyl (C=O) groups excluding carboxylic acids is 2. The average molecular weight is 555 g/mol. The zero-order chi connectivity index (χ0) is 27.7. The summed E-state index contributed by atoms with van der Waals surface area (Å²) in [4.78, 5) is 33.0. The molecule has 0 bridgehead atoms. The number of aromatic nitrogens is 2. The smallest absolute Gasteiger partial charge is 0.339 e. The van der Waals surface area contributed by atoms with Gasteiger partial charge in [0.05, 0.1) is 17.0 Å². The summed E-state index contributed by atoms with van der Waals surface area (Å²) in [5.74, 6) is -0.0266. The van der Waals surface area contributed by atoms with Crippen LogP contribution in [0.3, 0.4) is 0 Å². The van der Waals surface area contributed by atoms with E-state index in [0.29, 0.717) is 60.1 Å². The summed E-state index contributed by atoms with van der Waals surface area (Å²) < 4.78 is 41.8. The number of halogens is 4. The van der Waals surface area contributed by atoms with Gasteiger partial charge in [-0.05, 0) is 53.9 Å². The van der Waals surface area contributed by atoms with Crippen LogP contribution in [0.2, 0.25) is 5.02 Å². The van der Waals surface area contributed by atoms with Crippen molar-refractivity contribution in [3.8, 4) is 22.4 Å². The van der Waals surface area contributed by atoms with Crippen LogP contribution in [-0.2, 0) is 22.2 Å². The third-order valence-corrected chi connectivity index (χ3v) is 7.26. The predicted molar refractivity (Wildman–Crippen MR) is 143 cm³/mol. The fraction of sp³-hybridized carbons (Fsp3) is 0.276. The fourth-order valence-electron chi connectivity index (χ4n) is 4.87. The third kappa shape index (κ3) is 5.78. The zero-order valence-electron chi connectivity index (χ0n) is 21.2. The van der Waals surface area contributed by atoms with Crippen LogP contribution in [-0.4, -0.2) is 57.2 Å². The SMILES string of the molecule is CC(=O)N1CCN(C(=O)CCc2c(-c3ccc(Cl)cc3)nc3ccc(-c4cccc(C(F)(F)F)c4)cn23)CC1. The van der Waals surface area contributed by atoms with Crippen molar-refractivity contribution in [2.45, 2.75) is 25.9 Å². The lowest BCUT2D eigenvalue weighted by Gasteiger charge is -2.34. The van der Waals surface area contributed by atoms with Crippen LogP contribution in [0.25, 0.3) is 28.0 Å². The molecule has 0 N–H and O–H groups in total. The molecule has 0 saturated carbocycles. The number of benzene rings is 2. The van der Waals surface area contributed by atoms with E-state index < -0.39 is 11.7 Å². The molecule has 0 radical (unpaired) electrons. The number of alkyl halides is 3. The van der Waals surface area contributed by atoms with Gasteiger partial charge in [-0.3, -0.25) is 9.59 Å². The van der Waals surface area contributed by atoms with Crippen LogP contribution >= 0.6 is 11.6 Å². The minimum absolute atomic E-state index is 0.00277. The monoisotopic (exact) mass is 554 g/mol. The lowest BCUT2D eigenvalue weighted by atomic mass is 10.0. The Balaban J connectivity index is 1.48. The number of carbonyl (C=O) groups is 2. The highest BCUT2D eigenvalue weighted by Crippen LogP contribution is 2.33. The van der Waals surface area contributed by atoms with Crippen molar-refractivity contribution in [2.75, 3.05) is 26.2 Å². The Hall–Kier alpha value is -3.85. The maximum Gasteiger partial charge on any atom is 0.416 e. The Labute approximate surface area is 228 Å². The molecule has 0 aliphatic carbocycles. The molecule has 1 aliphatic heterocycles. The second-order valence-electron chi connectivity index (χ2n) is 9.53. The van der Waals surface area contributed by atoms with Crippen LogP contribution in [0.15, 0.2) is 66.9 Å². The van der Waals surface area contributed by atoms with E-state index in [1.54, 1.807) is 46.3 Å². The van der Waals surface area contributed by atoms with Crippen molar-refractivity contribution in [3.05, 3.63) is 83.1 Å². The fourth-order valence-corrected chi connectivity index (χ4v) is 5.00. The molecule has 202 valence electrons. The number of aryl methyl sites for hydroxylation is 1. The first-order chi connectivity index (χ1) is 18.6. The van der Waals surface area contributed by atoms with Gasteiger partial charge in [0.1, 0.15) is 5.65 Å². The first-order valence-electron chi connectivity index (χ1n) is 12.6. The molecule has 0 atom stereocenters. The molecular weight excluding hydrogens is 529 g/mol. The summed E-state index contributed by atoms with van der Waals surface area (Å²) in [7, 11) is 0.